The first-order valence-corrected chi connectivity index (χ1v) is 10.2. The molecule has 0 spiro atoms. The molecule has 3 aromatic carbocycles. The minimum absolute atomic E-state index is 0.783. The van der Waals surface area contributed by atoms with E-state index in [-0.39, 0.29) is 0 Å². The fourth-order valence-corrected chi connectivity index (χ4v) is 3.42. The molecule has 0 saturated carbocycles. The van der Waals surface area contributed by atoms with Crippen LogP contribution in [0.25, 0.3) is 0 Å². The SMILES string of the molecule is Clc1ccc(CN2CCN(/N=C/c3cccc(Oc4ccccc4)c3)CC2)cc1. The molecule has 4 rings (SSSR count). The fourth-order valence-electron chi connectivity index (χ4n) is 3.29. The van der Waals surface area contributed by atoms with Crippen LogP contribution < -0.4 is 4.74 Å². The molecule has 0 radical (unpaired) electrons. The topological polar surface area (TPSA) is 28.1 Å². The molecule has 0 amide bonds. The van der Waals surface area contributed by atoms with Crippen LogP contribution in [0.4, 0.5) is 0 Å². The third-order valence-corrected chi connectivity index (χ3v) is 5.13. The summed E-state index contributed by atoms with van der Waals surface area (Å²) in [6.07, 6.45) is 1.91. The largest absolute Gasteiger partial charge is 0.457 e. The van der Waals surface area contributed by atoms with Crippen molar-refractivity contribution >= 4 is 17.8 Å². The summed E-state index contributed by atoms with van der Waals surface area (Å²) in [5.74, 6) is 1.64. The number of ether oxygens (including phenoxy) is 1. The molecular formula is C24H24ClN3O. The van der Waals surface area contributed by atoms with Crippen molar-refractivity contribution in [3.05, 3.63) is 95.0 Å². The maximum atomic E-state index is 5.97. The Morgan fingerprint density at radius 2 is 1.55 bits per heavy atom. The van der Waals surface area contributed by atoms with Gasteiger partial charge in [-0.2, -0.15) is 5.10 Å². The van der Waals surface area contributed by atoms with E-state index in [1.165, 1.54) is 5.56 Å². The van der Waals surface area contributed by atoms with E-state index in [0.29, 0.717) is 0 Å². The summed E-state index contributed by atoms with van der Waals surface area (Å²) < 4.78 is 5.90. The van der Waals surface area contributed by atoms with Crippen LogP contribution in [-0.4, -0.2) is 42.3 Å². The maximum Gasteiger partial charge on any atom is 0.128 e. The smallest absolute Gasteiger partial charge is 0.128 e. The van der Waals surface area contributed by atoms with Crippen molar-refractivity contribution in [2.24, 2.45) is 5.10 Å². The average Bonchev–Trinajstić information content (AvgIpc) is 2.76. The van der Waals surface area contributed by atoms with E-state index in [4.69, 9.17) is 16.3 Å². The van der Waals surface area contributed by atoms with Gasteiger partial charge in [0.1, 0.15) is 11.5 Å². The lowest BCUT2D eigenvalue weighted by molar-refractivity contribution is 0.131. The van der Waals surface area contributed by atoms with Crippen LogP contribution in [0.3, 0.4) is 0 Å². The van der Waals surface area contributed by atoms with Crippen LogP contribution in [0, 0.1) is 0 Å². The molecule has 0 atom stereocenters. The van der Waals surface area contributed by atoms with Crippen LogP contribution >= 0.6 is 11.6 Å². The minimum Gasteiger partial charge on any atom is -0.457 e. The molecule has 1 aliphatic heterocycles. The second-order valence-electron chi connectivity index (χ2n) is 7.09. The normalized spacial score (nSPS) is 15.0. The van der Waals surface area contributed by atoms with Crippen LogP contribution in [-0.2, 0) is 6.54 Å². The predicted molar refractivity (Wildman–Crippen MR) is 119 cm³/mol. The molecule has 1 heterocycles. The van der Waals surface area contributed by atoms with Gasteiger partial charge in [-0.3, -0.25) is 9.91 Å². The number of rotatable bonds is 6. The first kappa shape index (κ1) is 19.5. The van der Waals surface area contributed by atoms with E-state index < -0.39 is 0 Å². The molecule has 29 heavy (non-hydrogen) atoms. The lowest BCUT2D eigenvalue weighted by Gasteiger charge is -2.33. The highest BCUT2D eigenvalue weighted by Gasteiger charge is 2.15. The number of halogens is 1. The van der Waals surface area contributed by atoms with E-state index in [2.05, 4.69) is 27.1 Å². The number of hydrazone groups is 1. The Labute approximate surface area is 177 Å². The first-order valence-electron chi connectivity index (χ1n) is 9.83. The summed E-state index contributed by atoms with van der Waals surface area (Å²) in [6, 6.07) is 25.9. The molecule has 0 unspecified atom stereocenters. The maximum absolute atomic E-state index is 5.97. The second kappa shape index (κ2) is 9.59. The Kier molecular flexibility index (Phi) is 6.45. The van der Waals surface area contributed by atoms with Gasteiger partial charge in [-0.15, -0.1) is 0 Å². The van der Waals surface area contributed by atoms with Gasteiger partial charge in [0.05, 0.1) is 6.21 Å². The Hall–Kier alpha value is -2.82. The highest BCUT2D eigenvalue weighted by Crippen LogP contribution is 2.21. The highest BCUT2D eigenvalue weighted by atomic mass is 35.5. The van der Waals surface area contributed by atoms with Gasteiger partial charge in [-0.05, 0) is 47.5 Å². The van der Waals surface area contributed by atoms with E-state index in [9.17, 15) is 0 Å². The summed E-state index contributed by atoms with van der Waals surface area (Å²) in [4.78, 5) is 2.45. The number of benzene rings is 3. The Balaban J connectivity index is 1.29. The molecule has 3 aromatic rings. The third kappa shape index (κ3) is 5.83. The van der Waals surface area contributed by atoms with Gasteiger partial charge in [-0.25, -0.2) is 0 Å². The molecule has 1 aliphatic rings. The summed E-state index contributed by atoms with van der Waals surface area (Å²) in [5, 5.41) is 7.57. The highest BCUT2D eigenvalue weighted by molar-refractivity contribution is 6.30. The van der Waals surface area contributed by atoms with Gasteiger partial charge in [-0.1, -0.05) is 54.1 Å². The number of piperazine rings is 1. The van der Waals surface area contributed by atoms with Crippen molar-refractivity contribution in [2.45, 2.75) is 6.54 Å². The second-order valence-corrected chi connectivity index (χ2v) is 7.52. The third-order valence-electron chi connectivity index (χ3n) is 4.88. The van der Waals surface area contributed by atoms with Gasteiger partial charge < -0.3 is 4.74 Å². The first-order chi connectivity index (χ1) is 14.2. The van der Waals surface area contributed by atoms with Gasteiger partial charge in [0.25, 0.3) is 0 Å². The molecule has 0 aromatic heterocycles. The van der Waals surface area contributed by atoms with Crippen molar-refractivity contribution in [3.8, 4) is 11.5 Å². The van der Waals surface area contributed by atoms with E-state index in [0.717, 1.165) is 54.8 Å². The standard InChI is InChI=1S/C24H24ClN3O/c25-22-11-9-20(10-12-22)19-27-13-15-28(16-14-27)26-18-21-5-4-8-24(17-21)29-23-6-2-1-3-7-23/h1-12,17-18H,13-16,19H2/b26-18+. The van der Waals surface area contributed by atoms with Crippen LogP contribution in [0.1, 0.15) is 11.1 Å². The van der Waals surface area contributed by atoms with E-state index in [1.54, 1.807) is 0 Å². The molecule has 0 aliphatic carbocycles. The zero-order chi connectivity index (χ0) is 19.9. The van der Waals surface area contributed by atoms with Crippen molar-refractivity contribution in [1.29, 1.82) is 0 Å². The molecular weight excluding hydrogens is 382 g/mol. The van der Waals surface area contributed by atoms with Crippen molar-refractivity contribution in [1.82, 2.24) is 9.91 Å². The number of hydrogen-bond acceptors (Lipinski definition) is 4. The minimum atomic E-state index is 0.783. The quantitative estimate of drug-likeness (QED) is 0.522. The Morgan fingerprint density at radius 3 is 2.31 bits per heavy atom. The summed E-state index contributed by atoms with van der Waals surface area (Å²) in [5.41, 5.74) is 2.32. The van der Waals surface area contributed by atoms with Crippen LogP contribution in [0.5, 0.6) is 11.5 Å². The summed E-state index contributed by atoms with van der Waals surface area (Å²) in [7, 11) is 0. The Morgan fingerprint density at radius 1 is 0.828 bits per heavy atom. The predicted octanol–water partition coefficient (Wildman–Crippen LogP) is 5.28. The van der Waals surface area contributed by atoms with Crippen LogP contribution in [0.15, 0.2) is 84.0 Å². The Bertz CT molecular complexity index is 936. The van der Waals surface area contributed by atoms with Crippen molar-refractivity contribution < 1.29 is 4.74 Å². The summed E-state index contributed by atoms with van der Waals surface area (Å²) >= 11 is 5.97. The molecule has 1 saturated heterocycles. The van der Waals surface area contributed by atoms with E-state index in [1.807, 2.05) is 72.9 Å². The molecule has 148 valence electrons. The van der Waals surface area contributed by atoms with Gasteiger partial charge in [0.2, 0.25) is 0 Å². The van der Waals surface area contributed by atoms with E-state index >= 15 is 0 Å². The van der Waals surface area contributed by atoms with Crippen molar-refractivity contribution in [3.63, 3.8) is 0 Å². The summed E-state index contributed by atoms with van der Waals surface area (Å²) in [6.45, 7) is 4.79. The molecule has 5 heteroatoms. The molecule has 1 fully saturated rings. The lowest BCUT2D eigenvalue weighted by atomic mass is 10.2. The molecule has 0 bridgehead atoms. The van der Waals surface area contributed by atoms with Crippen LogP contribution in [0.2, 0.25) is 5.02 Å². The number of nitrogens with zero attached hydrogens (tertiary/aromatic N) is 3. The monoisotopic (exact) mass is 405 g/mol. The fraction of sp³-hybridized carbons (Fsp3) is 0.208. The lowest BCUT2D eigenvalue weighted by Crippen LogP contribution is -2.43. The average molecular weight is 406 g/mol. The number of para-hydroxylation sites is 1. The van der Waals surface area contributed by atoms with Crippen molar-refractivity contribution in [2.75, 3.05) is 26.2 Å². The van der Waals surface area contributed by atoms with Gasteiger partial charge >= 0.3 is 0 Å². The number of hydrogen-bond donors (Lipinski definition) is 0. The molecule has 4 nitrogen and oxygen atoms in total. The van der Waals surface area contributed by atoms with Gasteiger partial charge in [0.15, 0.2) is 0 Å². The van der Waals surface area contributed by atoms with Gasteiger partial charge in [0, 0.05) is 37.7 Å². The zero-order valence-electron chi connectivity index (χ0n) is 16.2. The zero-order valence-corrected chi connectivity index (χ0v) is 17.0. The molecule has 0 N–H and O–H groups in total.